The molecule has 1 aliphatic rings. The Bertz CT molecular complexity index is 772. The smallest absolute Gasteiger partial charge is 0.325 e. The van der Waals surface area contributed by atoms with Crippen LogP contribution in [0.3, 0.4) is 0 Å². The van der Waals surface area contributed by atoms with E-state index in [-0.39, 0.29) is 37.1 Å². The summed E-state index contributed by atoms with van der Waals surface area (Å²) in [7, 11) is -4.07. The Balaban J connectivity index is 2.33. The molecule has 1 heterocycles. The molecular weight excluding hydrogens is 344 g/mol. The molecule has 136 valence electrons. The Morgan fingerprint density at radius 3 is 2.64 bits per heavy atom. The van der Waals surface area contributed by atoms with Crippen molar-refractivity contribution in [2.45, 2.75) is 48.9 Å². The van der Waals surface area contributed by atoms with Gasteiger partial charge in [0.15, 0.2) is 14.6 Å². The molecule has 2 atom stereocenters. The Kier molecular flexibility index (Phi) is 6.09. The van der Waals surface area contributed by atoms with Crippen molar-refractivity contribution >= 4 is 15.8 Å². The quantitative estimate of drug-likeness (QED) is 0.777. The van der Waals surface area contributed by atoms with Crippen LogP contribution in [0.5, 0.6) is 5.75 Å². The minimum atomic E-state index is -4.07. The fourth-order valence-electron chi connectivity index (χ4n) is 2.87. The van der Waals surface area contributed by atoms with Crippen LogP contribution in [0, 0.1) is 11.8 Å². The molecule has 0 aliphatic carbocycles. The van der Waals surface area contributed by atoms with E-state index in [9.17, 15) is 18.3 Å². The molecule has 6 nitrogen and oxygen atoms in total. The average molecular weight is 366 g/mol. The zero-order valence-corrected chi connectivity index (χ0v) is 15.1. The van der Waals surface area contributed by atoms with E-state index in [1.54, 1.807) is 6.92 Å². The molecule has 0 saturated carbocycles. The summed E-state index contributed by atoms with van der Waals surface area (Å²) in [6, 6.07) is 5.78. The summed E-state index contributed by atoms with van der Waals surface area (Å²) >= 11 is 0. The van der Waals surface area contributed by atoms with Crippen molar-refractivity contribution in [1.29, 1.82) is 0 Å². The van der Waals surface area contributed by atoms with Crippen LogP contribution >= 0.6 is 0 Å². The molecule has 0 spiro atoms. The SMILES string of the molecule is CC#CCOc1ccc(S(=O)(=O)C2(C(=O)O)CCOC(CC)C2)cc1. The first-order valence-electron chi connectivity index (χ1n) is 8.09. The molecule has 1 saturated heterocycles. The number of sulfone groups is 1. The van der Waals surface area contributed by atoms with Gasteiger partial charge >= 0.3 is 5.97 Å². The Hall–Kier alpha value is -2.04. The number of rotatable bonds is 6. The molecule has 7 heteroatoms. The number of aliphatic carboxylic acids is 1. The second kappa shape index (κ2) is 7.89. The Labute approximate surface area is 148 Å². The molecule has 25 heavy (non-hydrogen) atoms. The van der Waals surface area contributed by atoms with Gasteiger partial charge in [0.1, 0.15) is 12.4 Å². The molecule has 0 amide bonds. The number of carboxylic acids is 1. The fraction of sp³-hybridized carbons (Fsp3) is 0.500. The van der Waals surface area contributed by atoms with Crippen LogP contribution in [0.4, 0.5) is 0 Å². The van der Waals surface area contributed by atoms with Crippen molar-refractivity contribution in [3.63, 3.8) is 0 Å². The van der Waals surface area contributed by atoms with Gasteiger partial charge in [0.25, 0.3) is 0 Å². The Morgan fingerprint density at radius 2 is 2.08 bits per heavy atom. The molecule has 1 fully saturated rings. The predicted octanol–water partition coefficient (Wildman–Crippen LogP) is 2.27. The van der Waals surface area contributed by atoms with E-state index in [2.05, 4.69) is 11.8 Å². The van der Waals surface area contributed by atoms with Gasteiger partial charge in [-0.05, 0) is 37.6 Å². The fourth-order valence-corrected chi connectivity index (χ4v) is 4.80. The standard InChI is InChI=1S/C18H22O6S/c1-3-5-11-23-15-6-8-16(9-7-15)25(21,22)18(17(19)20)10-12-24-14(4-2)13-18/h6-9,14H,4,10-13H2,1-2H3,(H,19,20). The largest absolute Gasteiger partial charge is 0.481 e. The van der Waals surface area contributed by atoms with E-state index in [0.717, 1.165) is 0 Å². The molecule has 0 radical (unpaired) electrons. The van der Waals surface area contributed by atoms with E-state index < -0.39 is 20.6 Å². The third-order valence-corrected chi connectivity index (χ3v) is 6.87. The maximum atomic E-state index is 13.1. The van der Waals surface area contributed by atoms with E-state index in [1.165, 1.54) is 24.3 Å². The number of hydrogen-bond donors (Lipinski definition) is 1. The van der Waals surface area contributed by atoms with E-state index in [4.69, 9.17) is 9.47 Å². The number of carboxylic acid groups (broad SMARTS) is 1. The monoisotopic (exact) mass is 366 g/mol. The zero-order chi connectivity index (χ0) is 18.5. The van der Waals surface area contributed by atoms with Crippen molar-refractivity contribution in [2.24, 2.45) is 0 Å². The zero-order valence-electron chi connectivity index (χ0n) is 14.3. The molecule has 1 N–H and O–H groups in total. The molecule has 1 aromatic carbocycles. The lowest BCUT2D eigenvalue weighted by Crippen LogP contribution is -2.52. The van der Waals surface area contributed by atoms with E-state index in [1.807, 2.05) is 6.92 Å². The van der Waals surface area contributed by atoms with Crippen molar-refractivity contribution in [3.8, 4) is 17.6 Å². The van der Waals surface area contributed by atoms with Crippen LogP contribution in [0.15, 0.2) is 29.2 Å². The Morgan fingerprint density at radius 1 is 1.40 bits per heavy atom. The molecule has 0 bridgehead atoms. The molecule has 0 aromatic heterocycles. The number of ether oxygens (including phenoxy) is 2. The lowest BCUT2D eigenvalue weighted by molar-refractivity contribution is -0.144. The highest BCUT2D eigenvalue weighted by atomic mass is 32.2. The normalized spacial score (nSPS) is 23.4. The summed E-state index contributed by atoms with van der Waals surface area (Å²) in [5, 5.41) is 9.72. The molecule has 2 rings (SSSR count). The van der Waals surface area contributed by atoms with Gasteiger partial charge < -0.3 is 14.6 Å². The van der Waals surface area contributed by atoms with Crippen LogP contribution in [0.25, 0.3) is 0 Å². The number of carbonyl (C=O) groups is 1. The molecular formula is C18H22O6S. The highest BCUT2D eigenvalue weighted by molar-refractivity contribution is 7.93. The van der Waals surface area contributed by atoms with Gasteiger partial charge in [-0.1, -0.05) is 12.8 Å². The van der Waals surface area contributed by atoms with Gasteiger partial charge in [-0.3, -0.25) is 4.79 Å². The van der Waals surface area contributed by atoms with Crippen LogP contribution < -0.4 is 4.74 Å². The minimum Gasteiger partial charge on any atom is -0.481 e. The van der Waals surface area contributed by atoms with Gasteiger partial charge in [-0.15, -0.1) is 5.92 Å². The van der Waals surface area contributed by atoms with Crippen molar-refractivity contribution in [1.82, 2.24) is 0 Å². The van der Waals surface area contributed by atoms with Gasteiger partial charge in [-0.2, -0.15) is 0 Å². The predicted molar refractivity (Wildman–Crippen MR) is 92.2 cm³/mol. The van der Waals surface area contributed by atoms with Crippen LogP contribution in [-0.4, -0.2) is 43.6 Å². The van der Waals surface area contributed by atoms with Crippen molar-refractivity contribution in [3.05, 3.63) is 24.3 Å². The molecule has 1 aromatic rings. The third kappa shape index (κ3) is 3.80. The van der Waals surface area contributed by atoms with Crippen LogP contribution in [0.1, 0.15) is 33.1 Å². The summed E-state index contributed by atoms with van der Waals surface area (Å²) in [5.41, 5.74) is 0. The second-order valence-electron chi connectivity index (χ2n) is 5.84. The summed E-state index contributed by atoms with van der Waals surface area (Å²) < 4.78 is 35.1. The highest BCUT2D eigenvalue weighted by Crippen LogP contribution is 2.38. The molecule has 1 aliphatic heterocycles. The van der Waals surface area contributed by atoms with Crippen molar-refractivity contribution < 1.29 is 27.8 Å². The molecule has 2 unspecified atom stereocenters. The maximum absolute atomic E-state index is 13.1. The summed E-state index contributed by atoms with van der Waals surface area (Å²) in [6.45, 7) is 3.86. The summed E-state index contributed by atoms with van der Waals surface area (Å²) in [6.07, 6.45) is 0.0714. The summed E-state index contributed by atoms with van der Waals surface area (Å²) in [4.78, 5) is 11.9. The first kappa shape index (κ1) is 19.3. The average Bonchev–Trinajstić information content (AvgIpc) is 2.62. The highest BCUT2D eigenvalue weighted by Gasteiger charge is 2.54. The van der Waals surface area contributed by atoms with Crippen molar-refractivity contribution in [2.75, 3.05) is 13.2 Å². The topological polar surface area (TPSA) is 89.9 Å². The van der Waals surface area contributed by atoms with E-state index in [0.29, 0.717) is 12.2 Å². The number of hydrogen-bond acceptors (Lipinski definition) is 5. The van der Waals surface area contributed by atoms with Crippen LogP contribution in [0.2, 0.25) is 0 Å². The second-order valence-corrected chi connectivity index (χ2v) is 8.10. The van der Waals surface area contributed by atoms with Gasteiger partial charge in [0, 0.05) is 19.4 Å². The lowest BCUT2D eigenvalue weighted by Gasteiger charge is -2.36. The first-order valence-corrected chi connectivity index (χ1v) is 9.58. The van der Waals surface area contributed by atoms with Gasteiger partial charge in [-0.25, -0.2) is 8.42 Å². The van der Waals surface area contributed by atoms with Gasteiger partial charge in [0.05, 0.1) is 11.0 Å². The van der Waals surface area contributed by atoms with Crippen LogP contribution in [-0.2, 0) is 19.4 Å². The maximum Gasteiger partial charge on any atom is 0.325 e. The lowest BCUT2D eigenvalue weighted by atomic mass is 9.93. The first-order chi connectivity index (χ1) is 11.9. The summed E-state index contributed by atoms with van der Waals surface area (Å²) in [5.74, 6) is 4.59. The number of benzene rings is 1. The minimum absolute atomic E-state index is 0.0272. The van der Waals surface area contributed by atoms with Gasteiger partial charge in [0.2, 0.25) is 0 Å². The van der Waals surface area contributed by atoms with E-state index >= 15 is 0 Å². The third-order valence-electron chi connectivity index (χ3n) is 4.40.